The first-order valence-corrected chi connectivity index (χ1v) is 4.46. The highest BCUT2D eigenvalue weighted by atomic mass is 35.5. The van der Waals surface area contributed by atoms with Gasteiger partial charge in [-0.1, -0.05) is 11.6 Å². The summed E-state index contributed by atoms with van der Waals surface area (Å²) in [6, 6.07) is 2.09. The van der Waals surface area contributed by atoms with E-state index in [-0.39, 0.29) is 0 Å². The van der Waals surface area contributed by atoms with Crippen molar-refractivity contribution in [3.05, 3.63) is 12.3 Å². The predicted molar refractivity (Wildman–Crippen MR) is 51.6 cm³/mol. The van der Waals surface area contributed by atoms with Crippen LogP contribution in [0.15, 0.2) is 17.3 Å². The van der Waals surface area contributed by atoms with Crippen molar-refractivity contribution in [2.75, 3.05) is 6.61 Å². The lowest BCUT2D eigenvalue weighted by atomic mass is 9.89. The van der Waals surface area contributed by atoms with Crippen LogP contribution in [0.25, 0.3) is 0 Å². The van der Waals surface area contributed by atoms with Gasteiger partial charge in [0.1, 0.15) is 16.7 Å². The number of ether oxygens (including phenoxy) is 1. The molecular formula is C9H11ClN2O. The minimum absolute atomic E-state index is 0.293. The van der Waals surface area contributed by atoms with Crippen LogP contribution in [-0.2, 0) is 4.74 Å². The summed E-state index contributed by atoms with van der Waals surface area (Å²) in [6.07, 6.45) is 3.34. The highest BCUT2D eigenvalue weighted by molar-refractivity contribution is 6.66. The maximum atomic E-state index is 8.89. The summed E-state index contributed by atoms with van der Waals surface area (Å²) < 4.78 is 5.47. The summed E-state index contributed by atoms with van der Waals surface area (Å²) in [5.41, 5.74) is -0.637. The van der Waals surface area contributed by atoms with Crippen LogP contribution in [0.5, 0.6) is 0 Å². The summed E-state index contributed by atoms with van der Waals surface area (Å²) in [5.74, 6) is -0.501. The van der Waals surface area contributed by atoms with E-state index in [2.05, 4.69) is 11.1 Å². The Morgan fingerprint density at radius 2 is 2.54 bits per heavy atom. The molecule has 0 fully saturated rings. The van der Waals surface area contributed by atoms with E-state index < -0.39 is 11.5 Å². The molecule has 2 unspecified atom stereocenters. The highest BCUT2D eigenvalue weighted by Crippen LogP contribution is 2.29. The third kappa shape index (κ3) is 1.90. The van der Waals surface area contributed by atoms with Crippen LogP contribution in [0.1, 0.15) is 13.8 Å². The second-order valence-corrected chi connectivity index (χ2v) is 3.33. The standard InChI is InChI=1S/C9H11ClN2O/c1-3-13-9(2)4-5-12-8(10)7(9)6-11/h4-5,7H,3H2,1-2H3. The molecule has 70 valence electrons. The molecule has 0 spiro atoms. The fourth-order valence-electron chi connectivity index (χ4n) is 1.29. The fraction of sp³-hybridized carbons (Fsp3) is 0.556. The first-order valence-electron chi connectivity index (χ1n) is 4.08. The van der Waals surface area contributed by atoms with E-state index >= 15 is 0 Å². The topological polar surface area (TPSA) is 45.4 Å². The molecule has 0 saturated heterocycles. The Bertz CT molecular complexity index is 292. The van der Waals surface area contributed by atoms with E-state index in [1.807, 2.05) is 13.8 Å². The van der Waals surface area contributed by atoms with E-state index in [4.69, 9.17) is 21.6 Å². The number of aliphatic imine (C=N–C) groups is 1. The molecule has 0 aromatic rings. The molecule has 0 aromatic heterocycles. The molecule has 1 aliphatic rings. The van der Waals surface area contributed by atoms with Gasteiger partial charge in [0.25, 0.3) is 0 Å². The largest absolute Gasteiger partial charge is 0.370 e. The monoisotopic (exact) mass is 198 g/mol. The van der Waals surface area contributed by atoms with E-state index in [9.17, 15) is 0 Å². The smallest absolute Gasteiger partial charge is 0.132 e. The molecule has 0 aliphatic carbocycles. The summed E-state index contributed by atoms with van der Waals surface area (Å²) in [7, 11) is 0. The van der Waals surface area contributed by atoms with E-state index in [0.29, 0.717) is 11.8 Å². The van der Waals surface area contributed by atoms with Gasteiger partial charge in [-0.3, -0.25) is 0 Å². The zero-order valence-corrected chi connectivity index (χ0v) is 8.38. The average Bonchev–Trinajstić information content (AvgIpc) is 2.04. The summed E-state index contributed by atoms with van der Waals surface area (Å²) in [6.45, 7) is 4.26. The lowest BCUT2D eigenvalue weighted by molar-refractivity contribution is 0.00106. The van der Waals surface area contributed by atoms with E-state index in [0.717, 1.165) is 0 Å². The molecule has 0 radical (unpaired) electrons. The van der Waals surface area contributed by atoms with Crippen LogP contribution in [-0.4, -0.2) is 17.4 Å². The van der Waals surface area contributed by atoms with Crippen molar-refractivity contribution >= 4 is 16.8 Å². The van der Waals surface area contributed by atoms with Gasteiger partial charge in [-0.05, 0) is 19.9 Å². The van der Waals surface area contributed by atoms with E-state index in [1.165, 1.54) is 0 Å². The van der Waals surface area contributed by atoms with Gasteiger partial charge in [0, 0.05) is 12.8 Å². The van der Waals surface area contributed by atoms with Crippen molar-refractivity contribution in [1.82, 2.24) is 0 Å². The summed E-state index contributed by atoms with van der Waals surface area (Å²) in [5, 5.41) is 9.19. The quantitative estimate of drug-likeness (QED) is 0.682. The Hall–Kier alpha value is -0.850. The van der Waals surface area contributed by atoms with Gasteiger partial charge in [0.15, 0.2) is 0 Å². The third-order valence-electron chi connectivity index (χ3n) is 2.00. The Morgan fingerprint density at radius 3 is 3.08 bits per heavy atom. The Balaban J connectivity index is 2.93. The predicted octanol–water partition coefficient (Wildman–Crippen LogP) is 2.09. The third-order valence-corrected chi connectivity index (χ3v) is 2.31. The molecule has 3 nitrogen and oxygen atoms in total. The molecule has 13 heavy (non-hydrogen) atoms. The minimum Gasteiger partial charge on any atom is -0.370 e. The van der Waals surface area contributed by atoms with Gasteiger partial charge in [0.05, 0.1) is 6.07 Å². The number of nitrogens with zero attached hydrogens (tertiary/aromatic N) is 2. The second kappa shape index (κ2) is 3.91. The molecule has 0 bridgehead atoms. The van der Waals surface area contributed by atoms with Gasteiger partial charge in [0.2, 0.25) is 0 Å². The van der Waals surface area contributed by atoms with Gasteiger partial charge in [-0.2, -0.15) is 5.26 Å². The molecule has 1 heterocycles. The first-order chi connectivity index (χ1) is 6.14. The van der Waals surface area contributed by atoms with Crippen LogP contribution in [0.3, 0.4) is 0 Å². The average molecular weight is 199 g/mol. The lowest BCUT2D eigenvalue weighted by Crippen LogP contribution is -2.39. The zero-order chi connectivity index (χ0) is 9.90. The van der Waals surface area contributed by atoms with Crippen molar-refractivity contribution < 1.29 is 4.74 Å². The molecule has 1 rings (SSSR count). The molecule has 0 saturated carbocycles. The molecule has 4 heteroatoms. The van der Waals surface area contributed by atoms with Crippen LogP contribution in [0.2, 0.25) is 0 Å². The molecule has 0 amide bonds. The number of hydrogen-bond donors (Lipinski definition) is 0. The van der Waals surface area contributed by atoms with Crippen LogP contribution < -0.4 is 0 Å². The highest BCUT2D eigenvalue weighted by Gasteiger charge is 2.37. The maximum absolute atomic E-state index is 8.89. The molecule has 1 aliphatic heterocycles. The Labute approximate surface area is 82.7 Å². The molecular weight excluding hydrogens is 188 g/mol. The number of nitriles is 1. The Kier molecular flexibility index (Phi) is 3.07. The number of hydrogen-bond acceptors (Lipinski definition) is 3. The van der Waals surface area contributed by atoms with Crippen LogP contribution >= 0.6 is 11.6 Å². The summed E-state index contributed by atoms with van der Waals surface area (Å²) >= 11 is 5.80. The Morgan fingerprint density at radius 1 is 1.85 bits per heavy atom. The molecule has 0 N–H and O–H groups in total. The van der Waals surface area contributed by atoms with Gasteiger partial charge >= 0.3 is 0 Å². The summed E-state index contributed by atoms with van der Waals surface area (Å²) in [4.78, 5) is 3.86. The van der Waals surface area contributed by atoms with Gasteiger partial charge in [-0.15, -0.1) is 0 Å². The molecule has 2 atom stereocenters. The molecule has 0 aromatic carbocycles. The van der Waals surface area contributed by atoms with Gasteiger partial charge in [-0.25, -0.2) is 4.99 Å². The van der Waals surface area contributed by atoms with Crippen molar-refractivity contribution in [3.63, 3.8) is 0 Å². The first kappa shape index (κ1) is 10.2. The number of rotatable bonds is 2. The maximum Gasteiger partial charge on any atom is 0.132 e. The van der Waals surface area contributed by atoms with Crippen LogP contribution in [0.4, 0.5) is 0 Å². The number of halogens is 1. The fourth-order valence-corrected chi connectivity index (χ4v) is 1.61. The second-order valence-electron chi connectivity index (χ2n) is 2.95. The van der Waals surface area contributed by atoms with Crippen molar-refractivity contribution in [3.8, 4) is 6.07 Å². The van der Waals surface area contributed by atoms with Crippen LogP contribution in [0, 0.1) is 17.2 Å². The lowest BCUT2D eigenvalue weighted by Gasteiger charge is -2.31. The van der Waals surface area contributed by atoms with Crippen molar-refractivity contribution in [2.45, 2.75) is 19.4 Å². The van der Waals surface area contributed by atoms with Crippen molar-refractivity contribution in [2.24, 2.45) is 10.9 Å². The van der Waals surface area contributed by atoms with E-state index in [1.54, 1.807) is 12.3 Å². The SMILES string of the molecule is CCOC1(C)C=CN=C(Cl)C1C#N. The zero-order valence-electron chi connectivity index (χ0n) is 7.62. The minimum atomic E-state index is -0.637. The normalized spacial score (nSPS) is 32.5. The van der Waals surface area contributed by atoms with Gasteiger partial charge < -0.3 is 4.74 Å². The van der Waals surface area contributed by atoms with Crippen molar-refractivity contribution in [1.29, 1.82) is 5.26 Å².